The Bertz CT molecular complexity index is 1130. The Morgan fingerprint density at radius 1 is 1.15 bits per heavy atom. The lowest BCUT2D eigenvalue weighted by Crippen LogP contribution is -2.23. The van der Waals surface area contributed by atoms with Crippen molar-refractivity contribution in [1.29, 1.82) is 0 Å². The van der Waals surface area contributed by atoms with Crippen LogP contribution in [0.2, 0.25) is 0 Å². The van der Waals surface area contributed by atoms with E-state index < -0.39 is 5.60 Å². The summed E-state index contributed by atoms with van der Waals surface area (Å²) in [5.41, 5.74) is 1.59. The van der Waals surface area contributed by atoms with Gasteiger partial charge in [0.05, 0.1) is 29.5 Å². The molecular formula is C21H18N2O4. The van der Waals surface area contributed by atoms with Gasteiger partial charge in [-0.2, -0.15) is 0 Å². The third kappa shape index (κ3) is 1.95. The number of aromatic hydroxyl groups is 2. The second-order valence-electron chi connectivity index (χ2n) is 7.15. The molecule has 27 heavy (non-hydrogen) atoms. The maximum absolute atomic E-state index is 11.1. The fourth-order valence-electron chi connectivity index (χ4n) is 4.74. The first-order chi connectivity index (χ1) is 13.1. The molecule has 0 aliphatic carbocycles. The minimum absolute atomic E-state index is 0.0345. The molecule has 3 N–H and O–H groups in total. The van der Waals surface area contributed by atoms with E-state index in [-0.39, 0.29) is 24.5 Å². The van der Waals surface area contributed by atoms with Gasteiger partial charge in [-0.15, -0.1) is 0 Å². The van der Waals surface area contributed by atoms with Gasteiger partial charge in [-0.05, 0) is 29.7 Å². The first kappa shape index (κ1) is 16.2. The van der Waals surface area contributed by atoms with Gasteiger partial charge in [-0.3, -0.25) is 4.57 Å². The molecule has 2 unspecified atom stereocenters. The highest BCUT2D eigenvalue weighted by Gasteiger charge is 2.55. The Hall–Kier alpha value is -3.01. The van der Waals surface area contributed by atoms with Crippen molar-refractivity contribution in [2.45, 2.75) is 31.0 Å². The van der Waals surface area contributed by atoms with Crippen LogP contribution < -0.4 is 0 Å². The SMILES string of the molecule is [C-]#[N+]c1ccc(-n2c(O)c3c(c2O)C2(CCO)CCC3O2)c2ccccc12. The molecule has 1 aromatic heterocycles. The summed E-state index contributed by atoms with van der Waals surface area (Å²) in [7, 11) is 0. The number of fused-ring (bicyclic) bond motifs is 6. The fourth-order valence-corrected chi connectivity index (χ4v) is 4.74. The number of aliphatic hydroxyl groups is 1. The predicted molar refractivity (Wildman–Crippen MR) is 99.3 cm³/mol. The highest BCUT2D eigenvalue weighted by atomic mass is 16.5. The van der Waals surface area contributed by atoms with Crippen molar-refractivity contribution in [3.05, 3.63) is 58.9 Å². The highest BCUT2D eigenvalue weighted by molar-refractivity contribution is 6.00. The minimum atomic E-state index is -0.742. The second-order valence-corrected chi connectivity index (χ2v) is 7.15. The van der Waals surface area contributed by atoms with Crippen LogP contribution in [-0.4, -0.2) is 26.5 Å². The fraction of sp³-hybridized carbons (Fsp3) is 0.286. The average molecular weight is 362 g/mol. The summed E-state index contributed by atoms with van der Waals surface area (Å²) in [6.45, 7) is 7.32. The highest BCUT2D eigenvalue weighted by Crippen LogP contribution is 2.63. The molecule has 6 nitrogen and oxygen atoms in total. The van der Waals surface area contributed by atoms with Crippen LogP contribution in [0.15, 0.2) is 36.4 Å². The van der Waals surface area contributed by atoms with E-state index in [0.717, 1.165) is 17.2 Å². The lowest BCUT2D eigenvalue weighted by molar-refractivity contribution is -0.0387. The molecule has 136 valence electrons. The predicted octanol–water partition coefficient (Wildman–Crippen LogP) is 4.04. The van der Waals surface area contributed by atoms with Crippen molar-refractivity contribution in [2.75, 3.05) is 6.61 Å². The molecule has 0 saturated carbocycles. The van der Waals surface area contributed by atoms with E-state index in [9.17, 15) is 15.3 Å². The van der Waals surface area contributed by atoms with Crippen molar-refractivity contribution in [1.82, 2.24) is 4.57 Å². The Kier molecular flexibility index (Phi) is 3.29. The number of nitrogens with zero attached hydrogens (tertiary/aromatic N) is 2. The topological polar surface area (TPSA) is 79.2 Å². The zero-order valence-electron chi connectivity index (χ0n) is 14.5. The standard InChI is InChI=1S/C21H18N2O4/c1-22-14-6-7-15(13-5-3-2-4-12(13)14)23-19(25)17-16-8-9-21(27-16,10-11-24)18(17)20(23)26/h2-7,16,24-26H,8-11H2. The van der Waals surface area contributed by atoms with Gasteiger partial charge in [0.15, 0.2) is 5.69 Å². The molecule has 1 saturated heterocycles. The van der Waals surface area contributed by atoms with Crippen LogP contribution in [-0.2, 0) is 10.3 Å². The van der Waals surface area contributed by atoms with Crippen molar-refractivity contribution in [2.24, 2.45) is 0 Å². The van der Waals surface area contributed by atoms with Crippen molar-refractivity contribution in [3.63, 3.8) is 0 Å². The Balaban J connectivity index is 1.80. The van der Waals surface area contributed by atoms with Gasteiger partial charge >= 0.3 is 0 Å². The Labute approximate surface area is 155 Å². The molecule has 5 rings (SSSR count). The first-order valence-electron chi connectivity index (χ1n) is 8.96. The van der Waals surface area contributed by atoms with Gasteiger partial charge < -0.3 is 20.1 Å². The number of hydrogen-bond donors (Lipinski definition) is 3. The van der Waals surface area contributed by atoms with Crippen molar-refractivity contribution >= 4 is 16.5 Å². The summed E-state index contributed by atoms with van der Waals surface area (Å²) in [6.07, 6.45) is 1.57. The van der Waals surface area contributed by atoms with Crippen LogP contribution in [0.4, 0.5) is 5.69 Å². The summed E-state index contributed by atoms with van der Waals surface area (Å²) in [6, 6.07) is 10.9. The first-order valence-corrected chi connectivity index (χ1v) is 8.96. The lowest BCUT2D eigenvalue weighted by Gasteiger charge is -2.25. The molecule has 0 radical (unpaired) electrons. The molecule has 6 heteroatoms. The van der Waals surface area contributed by atoms with E-state index in [4.69, 9.17) is 11.3 Å². The third-order valence-electron chi connectivity index (χ3n) is 5.87. The molecule has 2 atom stereocenters. The van der Waals surface area contributed by atoms with Crippen molar-refractivity contribution in [3.8, 4) is 17.4 Å². The van der Waals surface area contributed by atoms with Crippen molar-refractivity contribution < 1.29 is 20.1 Å². The third-order valence-corrected chi connectivity index (χ3v) is 5.87. The van der Waals surface area contributed by atoms with E-state index in [0.29, 0.717) is 35.3 Å². The number of benzene rings is 2. The van der Waals surface area contributed by atoms with Crippen LogP contribution in [0.25, 0.3) is 21.3 Å². The molecule has 2 aliphatic rings. The molecule has 0 spiro atoms. The molecule has 3 aromatic rings. The summed E-state index contributed by atoms with van der Waals surface area (Å²) >= 11 is 0. The Morgan fingerprint density at radius 3 is 2.67 bits per heavy atom. The zero-order chi connectivity index (χ0) is 18.8. The van der Waals surface area contributed by atoms with Crippen LogP contribution in [0, 0.1) is 6.57 Å². The van der Waals surface area contributed by atoms with E-state index in [2.05, 4.69) is 4.85 Å². The molecule has 2 aromatic carbocycles. The maximum Gasteiger partial charge on any atom is 0.205 e. The molecule has 2 aliphatic heterocycles. The summed E-state index contributed by atoms with van der Waals surface area (Å²) in [4.78, 5) is 3.57. The van der Waals surface area contributed by atoms with E-state index in [1.807, 2.05) is 24.3 Å². The molecule has 1 fully saturated rings. The number of aliphatic hydroxyl groups excluding tert-OH is 1. The summed E-state index contributed by atoms with van der Waals surface area (Å²) < 4.78 is 7.49. The number of hydrogen-bond acceptors (Lipinski definition) is 4. The zero-order valence-corrected chi connectivity index (χ0v) is 14.5. The van der Waals surface area contributed by atoms with Crippen LogP contribution >= 0.6 is 0 Å². The van der Waals surface area contributed by atoms with Crippen LogP contribution in [0.1, 0.15) is 36.5 Å². The smallest absolute Gasteiger partial charge is 0.205 e. The Morgan fingerprint density at radius 2 is 1.93 bits per heavy atom. The molecular weight excluding hydrogens is 344 g/mol. The van der Waals surface area contributed by atoms with E-state index >= 15 is 0 Å². The number of aromatic nitrogens is 1. The van der Waals surface area contributed by atoms with Gasteiger partial charge in [0.25, 0.3) is 0 Å². The van der Waals surface area contributed by atoms with Crippen LogP contribution in [0.3, 0.4) is 0 Å². The van der Waals surface area contributed by atoms with Gasteiger partial charge in [0.2, 0.25) is 11.8 Å². The largest absolute Gasteiger partial charge is 0.494 e. The normalized spacial score (nSPS) is 22.9. The quantitative estimate of drug-likeness (QED) is 0.615. The van der Waals surface area contributed by atoms with Gasteiger partial charge in [-0.1, -0.05) is 30.3 Å². The lowest BCUT2D eigenvalue weighted by atomic mass is 9.82. The van der Waals surface area contributed by atoms with Gasteiger partial charge in [-0.25, -0.2) is 4.85 Å². The van der Waals surface area contributed by atoms with Crippen LogP contribution in [0.5, 0.6) is 11.8 Å². The summed E-state index contributed by atoms with van der Waals surface area (Å²) in [5.74, 6) is -0.0911. The average Bonchev–Trinajstić information content (AvgIpc) is 3.32. The molecule has 2 bridgehead atoms. The number of rotatable bonds is 3. The van der Waals surface area contributed by atoms with Gasteiger partial charge in [0.1, 0.15) is 5.60 Å². The second kappa shape index (κ2) is 5.49. The monoisotopic (exact) mass is 362 g/mol. The summed E-state index contributed by atoms with van der Waals surface area (Å²) in [5, 5.41) is 33.1. The van der Waals surface area contributed by atoms with Gasteiger partial charge in [0, 0.05) is 13.0 Å². The van der Waals surface area contributed by atoms with E-state index in [1.165, 1.54) is 4.57 Å². The number of ether oxygens (including phenoxy) is 1. The molecule has 3 heterocycles. The van der Waals surface area contributed by atoms with E-state index in [1.54, 1.807) is 12.1 Å². The molecule has 0 amide bonds. The maximum atomic E-state index is 11.1. The minimum Gasteiger partial charge on any atom is -0.494 e.